The van der Waals surface area contributed by atoms with Gasteiger partial charge in [0.1, 0.15) is 0 Å². The zero-order chi connectivity index (χ0) is 12.6. The zero-order valence-electron chi connectivity index (χ0n) is 10.8. The molecule has 3 heteroatoms. The molecule has 0 saturated carbocycles. The fraction of sp³-hybridized carbons (Fsp3) is 0.600. The van der Waals surface area contributed by atoms with E-state index < -0.39 is 0 Å². The summed E-state index contributed by atoms with van der Waals surface area (Å²) in [5.41, 5.74) is 1.76. The van der Waals surface area contributed by atoms with Crippen molar-refractivity contribution in [2.75, 3.05) is 19.7 Å². The van der Waals surface area contributed by atoms with E-state index in [1.54, 1.807) is 0 Å². The van der Waals surface area contributed by atoms with Gasteiger partial charge in [-0.3, -0.25) is 0 Å². The van der Waals surface area contributed by atoms with E-state index in [1.165, 1.54) is 22.9 Å². The summed E-state index contributed by atoms with van der Waals surface area (Å²) in [5.74, 6) is 0.555. The first kappa shape index (κ1) is 12.6. The van der Waals surface area contributed by atoms with Gasteiger partial charge in [-0.15, -0.1) is 0 Å². The second-order valence-electron chi connectivity index (χ2n) is 5.52. The van der Waals surface area contributed by atoms with Gasteiger partial charge in [0, 0.05) is 29.0 Å². The van der Waals surface area contributed by atoms with Crippen LogP contribution in [-0.4, -0.2) is 25.8 Å². The number of nitrogens with one attached hydrogen (secondary N) is 1. The summed E-state index contributed by atoms with van der Waals surface area (Å²) in [7, 11) is 0. The van der Waals surface area contributed by atoms with Gasteiger partial charge in [-0.25, -0.2) is 0 Å². The highest BCUT2D eigenvalue weighted by Crippen LogP contribution is 2.51. The monoisotopic (exact) mass is 309 g/mol. The van der Waals surface area contributed by atoms with E-state index in [4.69, 9.17) is 4.74 Å². The van der Waals surface area contributed by atoms with E-state index >= 15 is 0 Å². The zero-order valence-corrected chi connectivity index (χ0v) is 12.4. The topological polar surface area (TPSA) is 21.3 Å². The molecule has 2 heterocycles. The molecular formula is C15H20BrNO. The third-order valence-electron chi connectivity index (χ3n) is 4.84. The van der Waals surface area contributed by atoms with Gasteiger partial charge in [-0.2, -0.15) is 0 Å². The molecule has 0 aliphatic carbocycles. The SMILES string of the molecule is CC1OCCC12CCNCC2c1ccccc1Br. The first-order valence-electron chi connectivity index (χ1n) is 6.81. The first-order chi connectivity index (χ1) is 8.74. The maximum absolute atomic E-state index is 5.89. The fourth-order valence-electron chi connectivity index (χ4n) is 3.70. The highest BCUT2D eigenvalue weighted by atomic mass is 79.9. The molecule has 98 valence electrons. The van der Waals surface area contributed by atoms with Crippen LogP contribution in [0.5, 0.6) is 0 Å². The molecule has 0 amide bonds. The molecule has 0 radical (unpaired) electrons. The van der Waals surface area contributed by atoms with E-state index in [9.17, 15) is 0 Å². The van der Waals surface area contributed by atoms with Gasteiger partial charge in [0.25, 0.3) is 0 Å². The molecule has 1 aromatic carbocycles. The van der Waals surface area contributed by atoms with Crippen LogP contribution >= 0.6 is 15.9 Å². The number of ether oxygens (including phenoxy) is 1. The summed E-state index contributed by atoms with van der Waals surface area (Å²) >= 11 is 3.71. The predicted octanol–water partition coefficient (Wildman–Crippen LogP) is 3.32. The summed E-state index contributed by atoms with van der Waals surface area (Å²) in [5, 5.41) is 3.56. The average molecular weight is 310 g/mol. The third-order valence-corrected chi connectivity index (χ3v) is 5.56. The van der Waals surface area contributed by atoms with Crippen molar-refractivity contribution < 1.29 is 4.74 Å². The number of hydrogen-bond donors (Lipinski definition) is 1. The minimum Gasteiger partial charge on any atom is -0.378 e. The summed E-state index contributed by atoms with van der Waals surface area (Å²) in [6, 6.07) is 8.64. The minimum atomic E-state index is 0.328. The summed E-state index contributed by atoms with van der Waals surface area (Å²) in [4.78, 5) is 0. The third kappa shape index (κ3) is 1.93. The van der Waals surface area contributed by atoms with Crippen molar-refractivity contribution in [1.29, 1.82) is 0 Å². The van der Waals surface area contributed by atoms with Gasteiger partial charge in [0.2, 0.25) is 0 Å². The Morgan fingerprint density at radius 3 is 2.89 bits per heavy atom. The maximum atomic E-state index is 5.89. The number of hydrogen-bond acceptors (Lipinski definition) is 2. The predicted molar refractivity (Wildman–Crippen MR) is 76.8 cm³/mol. The van der Waals surface area contributed by atoms with Gasteiger partial charge in [0.15, 0.2) is 0 Å². The van der Waals surface area contributed by atoms with Crippen molar-refractivity contribution in [3.63, 3.8) is 0 Å². The summed E-state index contributed by atoms with van der Waals surface area (Å²) in [6.45, 7) is 5.36. The lowest BCUT2D eigenvalue weighted by Crippen LogP contribution is -2.47. The Morgan fingerprint density at radius 2 is 2.17 bits per heavy atom. The van der Waals surface area contributed by atoms with Crippen molar-refractivity contribution in [3.05, 3.63) is 34.3 Å². The summed E-state index contributed by atoms with van der Waals surface area (Å²) < 4.78 is 7.13. The largest absolute Gasteiger partial charge is 0.378 e. The van der Waals surface area contributed by atoms with Crippen LogP contribution in [0.1, 0.15) is 31.2 Å². The van der Waals surface area contributed by atoms with E-state index in [0.29, 0.717) is 17.4 Å². The van der Waals surface area contributed by atoms with Crippen LogP contribution in [0.15, 0.2) is 28.7 Å². The molecule has 3 rings (SSSR count). The molecular weight excluding hydrogens is 290 g/mol. The minimum absolute atomic E-state index is 0.328. The molecule has 2 nitrogen and oxygen atoms in total. The highest BCUT2D eigenvalue weighted by molar-refractivity contribution is 9.10. The van der Waals surface area contributed by atoms with E-state index in [1.807, 2.05) is 0 Å². The molecule has 0 aromatic heterocycles. The van der Waals surface area contributed by atoms with Crippen LogP contribution in [0, 0.1) is 5.41 Å². The molecule has 1 spiro atoms. The molecule has 3 atom stereocenters. The molecule has 1 N–H and O–H groups in total. The molecule has 2 saturated heterocycles. The number of halogens is 1. The molecule has 2 fully saturated rings. The normalized spacial score (nSPS) is 36.1. The Morgan fingerprint density at radius 1 is 1.33 bits per heavy atom. The van der Waals surface area contributed by atoms with E-state index in [2.05, 4.69) is 52.4 Å². The van der Waals surface area contributed by atoms with Gasteiger partial charge < -0.3 is 10.1 Å². The smallest absolute Gasteiger partial charge is 0.0610 e. The average Bonchev–Trinajstić information content (AvgIpc) is 2.73. The lowest BCUT2D eigenvalue weighted by atomic mass is 9.64. The van der Waals surface area contributed by atoms with Crippen molar-refractivity contribution in [3.8, 4) is 0 Å². The fourth-order valence-corrected chi connectivity index (χ4v) is 4.26. The van der Waals surface area contributed by atoms with Gasteiger partial charge in [0.05, 0.1) is 6.10 Å². The first-order valence-corrected chi connectivity index (χ1v) is 7.60. The summed E-state index contributed by atoms with van der Waals surface area (Å²) in [6.07, 6.45) is 2.79. The van der Waals surface area contributed by atoms with Crippen LogP contribution in [0.25, 0.3) is 0 Å². The van der Waals surface area contributed by atoms with Crippen LogP contribution in [0.3, 0.4) is 0 Å². The molecule has 1 aromatic rings. The van der Waals surface area contributed by atoms with E-state index in [0.717, 1.165) is 19.7 Å². The van der Waals surface area contributed by atoms with Crippen molar-refractivity contribution in [2.24, 2.45) is 5.41 Å². The van der Waals surface area contributed by atoms with Crippen molar-refractivity contribution >= 4 is 15.9 Å². The van der Waals surface area contributed by atoms with Crippen LogP contribution in [0.2, 0.25) is 0 Å². The number of piperidine rings is 1. The maximum Gasteiger partial charge on any atom is 0.0610 e. The van der Waals surface area contributed by atoms with Gasteiger partial charge in [-0.1, -0.05) is 34.1 Å². The number of rotatable bonds is 1. The second-order valence-corrected chi connectivity index (χ2v) is 6.38. The Balaban J connectivity index is 2.00. The second kappa shape index (κ2) is 4.95. The van der Waals surface area contributed by atoms with Crippen molar-refractivity contribution in [1.82, 2.24) is 5.32 Å². The van der Waals surface area contributed by atoms with E-state index in [-0.39, 0.29) is 0 Å². The Hall–Kier alpha value is -0.380. The van der Waals surface area contributed by atoms with Crippen LogP contribution in [0.4, 0.5) is 0 Å². The van der Waals surface area contributed by atoms with Gasteiger partial charge in [-0.05, 0) is 37.9 Å². The Kier molecular flexibility index (Phi) is 3.48. The van der Waals surface area contributed by atoms with Crippen molar-refractivity contribution in [2.45, 2.75) is 31.8 Å². The molecule has 2 aliphatic rings. The Bertz CT molecular complexity index is 436. The van der Waals surface area contributed by atoms with Gasteiger partial charge >= 0.3 is 0 Å². The Labute approximate surface area is 117 Å². The van der Waals surface area contributed by atoms with Crippen LogP contribution in [-0.2, 0) is 4.74 Å². The standard InChI is InChI=1S/C15H20BrNO/c1-11-15(7-9-18-11)6-8-17-10-13(15)12-4-2-3-5-14(12)16/h2-5,11,13,17H,6-10H2,1H3. The molecule has 0 bridgehead atoms. The molecule has 3 unspecified atom stereocenters. The lowest BCUT2D eigenvalue weighted by Gasteiger charge is -2.44. The quantitative estimate of drug-likeness (QED) is 0.859. The number of benzene rings is 1. The highest BCUT2D eigenvalue weighted by Gasteiger charge is 2.49. The molecule has 2 aliphatic heterocycles. The van der Waals surface area contributed by atoms with Crippen LogP contribution < -0.4 is 5.32 Å². The lowest BCUT2D eigenvalue weighted by molar-refractivity contribution is 0.0325. The molecule has 18 heavy (non-hydrogen) atoms.